The van der Waals surface area contributed by atoms with Crippen molar-refractivity contribution in [3.05, 3.63) is 64.4 Å². The molecule has 0 heterocycles. The third-order valence-electron chi connectivity index (χ3n) is 3.02. The van der Waals surface area contributed by atoms with E-state index in [1.807, 2.05) is 0 Å². The first-order valence-electron chi connectivity index (χ1n) is 6.44. The summed E-state index contributed by atoms with van der Waals surface area (Å²) in [7, 11) is 0. The molecule has 0 unspecified atom stereocenters. The Balaban J connectivity index is 2.10. The minimum atomic E-state index is -1.02. The summed E-state index contributed by atoms with van der Waals surface area (Å²) in [5, 5.41) is 0.393. The molecule has 0 saturated heterocycles. The van der Waals surface area contributed by atoms with E-state index < -0.39 is 23.7 Å². The molecule has 0 amide bonds. The van der Waals surface area contributed by atoms with E-state index >= 15 is 0 Å². The molecule has 0 saturated carbocycles. The molecule has 114 valence electrons. The van der Waals surface area contributed by atoms with Crippen LogP contribution in [0.2, 0.25) is 5.02 Å². The lowest BCUT2D eigenvalue weighted by atomic mass is 10.1. The average molecular weight is 322 g/mol. The highest BCUT2D eigenvalue weighted by Gasteiger charge is 2.21. The number of esters is 1. The lowest BCUT2D eigenvalue weighted by molar-refractivity contribution is 0.0320. The van der Waals surface area contributed by atoms with Crippen LogP contribution in [0.4, 0.5) is 10.1 Å². The molecule has 4 nitrogen and oxygen atoms in total. The fraction of sp³-hybridized carbons (Fsp3) is 0.125. The number of ether oxygens (including phenoxy) is 1. The van der Waals surface area contributed by atoms with E-state index in [9.17, 15) is 14.0 Å². The predicted octanol–water partition coefficient (Wildman–Crippen LogP) is 3.49. The van der Waals surface area contributed by atoms with Crippen molar-refractivity contribution in [2.45, 2.75) is 13.0 Å². The summed E-state index contributed by atoms with van der Waals surface area (Å²) in [6, 6.07) is 9.34. The molecular formula is C16H13ClFNO3. The topological polar surface area (TPSA) is 69.4 Å². The lowest BCUT2D eigenvalue weighted by Gasteiger charge is -2.13. The number of carbonyl (C=O) groups excluding carboxylic acids is 2. The quantitative estimate of drug-likeness (QED) is 0.531. The number of nitrogens with two attached hydrogens (primary N) is 1. The highest BCUT2D eigenvalue weighted by Crippen LogP contribution is 2.20. The van der Waals surface area contributed by atoms with Gasteiger partial charge in [-0.15, -0.1) is 0 Å². The molecule has 2 rings (SSSR count). The van der Waals surface area contributed by atoms with Gasteiger partial charge in [0.25, 0.3) is 0 Å². The molecule has 0 bridgehead atoms. The highest BCUT2D eigenvalue weighted by atomic mass is 35.5. The first-order valence-corrected chi connectivity index (χ1v) is 6.82. The second kappa shape index (κ2) is 6.58. The summed E-state index contributed by atoms with van der Waals surface area (Å²) in [6.07, 6.45) is -1.02. The van der Waals surface area contributed by atoms with Crippen molar-refractivity contribution in [2.24, 2.45) is 0 Å². The van der Waals surface area contributed by atoms with E-state index in [-0.39, 0.29) is 16.8 Å². The van der Waals surface area contributed by atoms with E-state index in [1.54, 1.807) is 0 Å². The Labute approximate surface area is 131 Å². The van der Waals surface area contributed by atoms with Crippen molar-refractivity contribution in [3.63, 3.8) is 0 Å². The minimum absolute atomic E-state index is 0.128. The van der Waals surface area contributed by atoms with Crippen molar-refractivity contribution < 1.29 is 18.7 Å². The molecule has 2 aromatic rings. The standard InChI is InChI=1S/C16H13ClFNO3/c1-9(15(20)10-2-5-12(18)6-3-10)22-16(21)13-7-4-11(17)8-14(13)19/h2-9H,19H2,1H3/t9-/m0/s1. The molecule has 0 fully saturated rings. The second-order valence-electron chi connectivity index (χ2n) is 4.65. The number of anilines is 1. The summed E-state index contributed by atoms with van der Waals surface area (Å²) in [6.45, 7) is 1.44. The van der Waals surface area contributed by atoms with Gasteiger partial charge in [-0.1, -0.05) is 11.6 Å². The van der Waals surface area contributed by atoms with Crippen LogP contribution in [-0.2, 0) is 4.74 Å². The first-order chi connectivity index (χ1) is 10.4. The number of hydrogen-bond donors (Lipinski definition) is 1. The Bertz CT molecular complexity index is 716. The maximum atomic E-state index is 12.8. The van der Waals surface area contributed by atoms with Gasteiger partial charge in [0.15, 0.2) is 6.10 Å². The third kappa shape index (κ3) is 3.62. The van der Waals surface area contributed by atoms with E-state index in [0.29, 0.717) is 5.02 Å². The van der Waals surface area contributed by atoms with Crippen LogP contribution < -0.4 is 5.73 Å². The van der Waals surface area contributed by atoms with Gasteiger partial charge in [-0.3, -0.25) is 4.79 Å². The van der Waals surface area contributed by atoms with Crippen LogP contribution in [0, 0.1) is 5.82 Å². The highest BCUT2D eigenvalue weighted by molar-refractivity contribution is 6.31. The van der Waals surface area contributed by atoms with Gasteiger partial charge in [0.2, 0.25) is 5.78 Å². The van der Waals surface area contributed by atoms with Crippen LogP contribution in [0.3, 0.4) is 0 Å². The van der Waals surface area contributed by atoms with Crippen LogP contribution >= 0.6 is 11.6 Å². The molecule has 22 heavy (non-hydrogen) atoms. The average Bonchev–Trinajstić information content (AvgIpc) is 2.47. The van der Waals surface area contributed by atoms with Crippen LogP contribution in [0.1, 0.15) is 27.6 Å². The lowest BCUT2D eigenvalue weighted by Crippen LogP contribution is -2.24. The van der Waals surface area contributed by atoms with E-state index in [4.69, 9.17) is 22.1 Å². The van der Waals surface area contributed by atoms with Crippen LogP contribution in [0.25, 0.3) is 0 Å². The summed E-state index contributed by atoms with van der Waals surface area (Å²) in [5.74, 6) is -1.60. The van der Waals surface area contributed by atoms with Crippen LogP contribution in [-0.4, -0.2) is 17.9 Å². The smallest absolute Gasteiger partial charge is 0.340 e. The van der Waals surface area contributed by atoms with Gasteiger partial charge in [0, 0.05) is 16.3 Å². The zero-order chi connectivity index (χ0) is 16.3. The molecule has 0 aliphatic heterocycles. The van der Waals surface area contributed by atoms with Crippen molar-refractivity contribution in [1.29, 1.82) is 0 Å². The summed E-state index contributed by atoms with van der Waals surface area (Å²) >= 11 is 5.75. The molecule has 6 heteroatoms. The maximum Gasteiger partial charge on any atom is 0.340 e. The number of Topliss-reactive ketones (excluding diaryl/α,β-unsaturated/α-hetero) is 1. The normalized spacial score (nSPS) is 11.8. The summed E-state index contributed by atoms with van der Waals surface area (Å²) in [5.41, 5.74) is 6.24. The Morgan fingerprint density at radius 1 is 1.18 bits per heavy atom. The first kappa shape index (κ1) is 16.0. The molecule has 0 aliphatic rings. The van der Waals surface area contributed by atoms with Gasteiger partial charge in [-0.05, 0) is 49.4 Å². The fourth-order valence-electron chi connectivity index (χ4n) is 1.85. The van der Waals surface area contributed by atoms with E-state index in [1.165, 1.54) is 49.4 Å². The van der Waals surface area contributed by atoms with Crippen molar-refractivity contribution in [2.75, 3.05) is 5.73 Å². The largest absolute Gasteiger partial charge is 0.451 e. The van der Waals surface area contributed by atoms with Gasteiger partial charge < -0.3 is 10.5 Å². The molecule has 0 radical (unpaired) electrons. The molecular weight excluding hydrogens is 309 g/mol. The van der Waals surface area contributed by atoms with Crippen LogP contribution in [0.5, 0.6) is 0 Å². The Morgan fingerprint density at radius 2 is 1.82 bits per heavy atom. The third-order valence-corrected chi connectivity index (χ3v) is 3.25. The monoisotopic (exact) mass is 321 g/mol. The Morgan fingerprint density at radius 3 is 2.41 bits per heavy atom. The van der Waals surface area contributed by atoms with Gasteiger partial charge >= 0.3 is 5.97 Å². The zero-order valence-electron chi connectivity index (χ0n) is 11.7. The molecule has 2 aromatic carbocycles. The van der Waals surface area contributed by atoms with Gasteiger partial charge in [-0.2, -0.15) is 0 Å². The maximum absolute atomic E-state index is 12.8. The number of nitrogen functional groups attached to an aromatic ring is 1. The molecule has 0 spiro atoms. The summed E-state index contributed by atoms with van der Waals surface area (Å²) < 4.78 is 17.9. The van der Waals surface area contributed by atoms with E-state index in [2.05, 4.69) is 0 Å². The zero-order valence-corrected chi connectivity index (χ0v) is 12.4. The SMILES string of the molecule is C[C@H](OC(=O)c1ccc(Cl)cc1N)C(=O)c1ccc(F)cc1. The molecule has 0 aliphatic carbocycles. The van der Waals surface area contributed by atoms with Crippen molar-refractivity contribution in [3.8, 4) is 0 Å². The summed E-state index contributed by atoms with van der Waals surface area (Å²) in [4.78, 5) is 24.1. The van der Waals surface area contributed by atoms with Gasteiger partial charge in [0.05, 0.1) is 5.56 Å². The number of benzene rings is 2. The predicted molar refractivity (Wildman–Crippen MR) is 81.5 cm³/mol. The fourth-order valence-corrected chi connectivity index (χ4v) is 2.03. The number of ketones is 1. The molecule has 2 N–H and O–H groups in total. The van der Waals surface area contributed by atoms with Crippen molar-refractivity contribution in [1.82, 2.24) is 0 Å². The number of carbonyl (C=O) groups is 2. The van der Waals surface area contributed by atoms with Crippen molar-refractivity contribution >= 4 is 29.0 Å². The van der Waals surface area contributed by atoms with Gasteiger partial charge in [-0.25, -0.2) is 9.18 Å². The Hall–Kier alpha value is -2.40. The molecule has 1 atom stereocenters. The second-order valence-corrected chi connectivity index (χ2v) is 5.09. The number of hydrogen-bond acceptors (Lipinski definition) is 4. The number of rotatable bonds is 4. The Kier molecular flexibility index (Phi) is 4.78. The molecule has 0 aromatic heterocycles. The van der Waals surface area contributed by atoms with E-state index in [0.717, 1.165) is 0 Å². The minimum Gasteiger partial charge on any atom is -0.451 e. The van der Waals surface area contributed by atoms with Crippen LogP contribution in [0.15, 0.2) is 42.5 Å². The number of halogens is 2. The van der Waals surface area contributed by atoms with Gasteiger partial charge in [0.1, 0.15) is 5.82 Å².